The number of nitro benzene ring substituents is 1. The van der Waals surface area contributed by atoms with Gasteiger partial charge in [-0.25, -0.2) is 0 Å². The zero-order chi connectivity index (χ0) is 23.5. The summed E-state index contributed by atoms with van der Waals surface area (Å²) in [4.78, 5) is 42.1. The van der Waals surface area contributed by atoms with Crippen molar-refractivity contribution in [1.29, 1.82) is 0 Å². The summed E-state index contributed by atoms with van der Waals surface area (Å²) in [5, 5.41) is 22.2. The van der Waals surface area contributed by atoms with Gasteiger partial charge >= 0.3 is 0 Å². The molecule has 9 heteroatoms. The predicted octanol–water partition coefficient (Wildman–Crippen LogP) is 3.62. The minimum Gasteiger partial charge on any atom is -0.507 e. The largest absolute Gasteiger partial charge is 0.507 e. The Morgan fingerprint density at radius 3 is 2.55 bits per heavy atom. The molecule has 2 heterocycles. The maximum Gasteiger partial charge on any atom is 0.295 e. The van der Waals surface area contributed by atoms with E-state index in [9.17, 15) is 24.8 Å². The number of amides is 1. The molecule has 1 amide bonds. The lowest BCUT2D eigenvalue weighted by molar-refractivity contribution is -0.384. The summed E-state index contributed by atoms with van der Waals surface area (Å²) in [7, 11) is 1.51. The van der Waals surface area contributed by atoms with Gasteiger partial charge in [-0.3, -0.25) is 24.7 Å². The molecule has 1 N–H and O–H groups in total. The second kappa shape index (κ2) is 8.91. The van der Waals surface area contributed by atoms with E-state index in [2.05, 4.69) is 4.98 Å². The van der Waals surface area contributed by atoms with Gasteiger partial charge in [-0.05, 0) is 23.8 Å². The number of hydrogen-bond donors (Lipinski definition) is 1. The summed E-state index contributed by atoms with van der Waals surface area (Å²) in [6.07, 6.45) is 3.04. The van der Waals surface area contributed by atoms with E-state index < -0.39 is 28.4 Å². The zero-order valence-electron chi connectivity index (χ0n) is 17.5. The summed E-state index contributed by atoms with van der Waals surface area (Å²) < 4.78 is 5.38. The van der Waals surface area contributed by atoms with Crippen LogP contribution in [0.15, 0.2) is 78.6 Å². The molecule has 1 aliphatic rings. The number of ketones is 1. The number of methoxy groups -OCH3 is 1. The van der Waals surface area contributed by atoms with Gasteiger partial charge in [0, 0.05) is 35.7 Å². The minimum absolute atomic E-state index is 0.0489. The van der Waals surface area contributed by atoms with Crippen LogP contribution in [0, 0.1) is 10.1 Å². The van der Waals surface area contributed by atoms with Gasteiger partial charge in [0.15, 0.2) is 0 Å². The quantitative estimate of drug-likeness (QED) is 0.202. The van der Waals surface area contributed by atoms with Crippen LogP contribution in [0.25, 0.3) is 5.76 Å². The first-order valence-corrected chi connectivity index (χ1v) is 9.97. The maximum atomic E-state index is 13.1. The van der Waals surface area contributed by atoms with Crippen molar-refractivity contribution in [3.8, 4) is 5.75 Å². The molecule has 0 spiro atoms. The predicted molar refractivity (Wildman–Crippen MR) is 118 cm³/mol. The second-order valence-corrected chi connectivity index (χ2v) is 7.33. The number of nitrogens with zero attached hydrogens (tertiary/aromatic N) is 3. The highest BCUT2D eigenvalue weighted by molar-refractivity contribution is 6.46. The lowest BCUT2D eigenvalue weighted by Gasteiger charge is -2.26. The molecule has 1 atom stereocenters. The Hall–Kier alpha value is -4.53. The lowest BCUT2D eigenvalue weighted by atomic mass is 9.95. The highest BCUT2D eigenvalue weighted by Crippen LogP contribution is 2.41. The fourth-order valence-electron chi connectivity index (χ4n) is 3.87. The molecule has 9 nitrogen and oxygen atoms in total. The van der Waals surface area contributed by atoms with E-state index in [0.29, 0.717) is 16.9 Å². The van der Waals surface area contributed by atoms with Gasteiger partial charge in [-0.15, -0.1) is 0 Å². The second-order valence-electron chi connectivity index (χ2n) is 7.33. The number of likely N-dealkylation sites (tertiary alicyclic amines) is 1. The number of rotatable bonds is 6. The maximum absolute atomic E-state index is 13.1. The fourth-order valence-corrected chi connectivity index (χ4v) is 3.87. The third-order valence-corrected chi connectivity index (χ3v) is 5.43. The Morgan fingerprint density at radius 1 is 1.12 bits per heavy atom. The molecule has 1 aliphatic heterocycles. The van der Waals surface area contributed by atoms with E-state index >= 15 is 0 Å². The number of aliphatic hydroxyl groups excluding tert-OH is 1. The van der Waals surface area contributed by atoms with Crippen molar-refractivity contribution in [1.82, 2.24) is 9.88 Å². The Balaban J connectivity index is 1.87. The van der Waals surface area contributed by atoms with Gasteiger partial charge in [0.2, 0.25) is 0 Å². The topological polar surface area (TPSA) is 123 Å². The Kier molecular flexibility index (Phi) is 5.86. The van der Waals surface area contributed by atoms with Crippen LogP contribution in [-0.4, -0.2) is 38.7 Å². The summed E-state index contributed by atoms with van der Waals surface area (Å²) in [5.74, 6) is -1.61. The molecule has 33 heavy (non-hydrogen) atoms. The molecule has 166 valence electrons. The van der Waals surface area contributed by atoms with Crippen LogP contribution in [0.4, 0.5) is 5.69 Å². The van der Waals surface area contributed by atoms with Crippen molar-refractivity contribution in [2.45, 2.75) is 12.6 Å². The third-order valence-electron chi connectivity index (χ3n) is 5.43. The highest BCUT2D eigenvalue weighted by Gasteiger charge is 2.46. The normalized spacial score (nSPS) is 17.2. The molecule has 0 radical (unpaired) electrons. The average molecular weight is 445 g/mol. The smallest absolute Gasteiger partial charge is 0.295 e. The van der Waals surface area contributed by atoms with E-state index in [1.807, 2.05) is 0 Å². The number of non-ortho nitro benzene ring substituents is 1. The van der Waals surface area contributed by atoms with Crippen LogP contribution in [0.1, 0.15) is 22.7 Å². The standard InChI is InChI=1S/C24H19N3O6/c1-33-19-8-3-2-5-17(19)14-26-21(15-9-11-25-12-10-15)20(23(29)24(26)30)22(28)16-6-4-7-18(13-16)27(31)32/h2-13,21,28H,14H2,1H3/b22-20-. The van der Waals surface area contributed by atoms with Crippen LogP contribution in [0.3, 0.4) is 0 Å². The van der Waals surface area contributed by atoms with Crippen molar-refractivity contribution in [3.05, 3.63) is 105 Å². The zero-order valence-corrected chi connectivity index (χ0v) is 17.5. The SMILES string of the molecule is COc1ccccc1CN1C(=O)C(=O)/C(=C(\O)c2cccc([N+](=O)[O-])c2)C1c1ccncc1. The number of Topliss-reactive ketones (excluding diaryl/α,β-unsaturated/α-hetero) is 1. The van der Waals surface area contributed by atoms with Gasteiger partial charge in [-0.2, -0.15) is 0 Å². The summed E-state index contributed by atoms with van der Waals surface area (Å²) >= 11 is 0. The molecule has 0 saturated carbocycles. The van der Waals surface area contributed by atoms with E-state index in [1.165, 1.54) is 42.6 Å². The highest BCUT2D eigenvalue weighted by atomic mass is 16.6. The molecular weight excluding hydrogens is 426 g/mol. The number of pyridine rings is 1. The molecule has 0 bridgehead atoms. The molecule has 2 aromatic carbocycles. The van der Waals surface area contributed by atoms with Gasteiger partial charge in [-0.1, -0.05) is 30.3 Å². The van der Waals surface area contributed by atoms with E-state index in [0.717, 1.165) is 6.07 Å². The summed E-state index contributed by atoms with van der Waals surface area (Å²) in [6.45, 7) is 0.0489. The number of aliphatic hydroxyl groups is 1. The van der Waals surface area contributed by atoms with Crippen molar-refractivity contribution < 1.29 is 24.4 Å². The number of nitro groups is 1. The molecule has 1 unspecified atom stereocenters. The average Bonchev–Trinajstić information content (AvgIpc) is 3.09. The first kappa shape index (κ1) is 21.7. The number of aromatic nitrogens is 1. The summed E-state index contributed by atoms with van der Waals surface area (Å²) in [5.41, 5.74) is 0.908. The van der Waals surface area contributed by atoms with Crippen molar-refractivity contribution in [2.75, 3.05) is 7.11 Å². The lowest BCUT2D eigenvalue weighted by Crippen LogP contribution is -2.29. The van der Waals surface area contributed by atoms with Crippen molar-refractivity contribution in [2.24, 2.45) is 0 Å². The van der Waals surface area contributed by atoms with E-state index in [4.69, 9.17) is 4.74 Å². The first-order valence-electron chi connectivity index (χ1n) is 9.97. The van der Waals surface area contributed by atoms with Gasteiger partial charge in [0.1, 0.15) is 11.5 Å². The van der Waals surface area contributed by atoms with E-state index in [-0.39, 0.29) is 23.4 Å². The molecule has 1 aromatic heterocycles. The number of carbonyl (C=O) groups is 2. The molecule has 0 aliphatic carbocycles. The monoisotopic (exact) mass is 445 g/mol. The molecule has 1 fully saturated rings. The van der Waals surface area contributed by atoms with Crippen LogP contribution < -0.4 is 4.74 Å². The summed E-state index contributed by atoms with van der Waals surface area (Å²) in [6, 6.07) is 14.8. The van der Waals surface area contributed by atoms with Crippen LogP contribution in [0.2, 0.25) is 0 Å². The Morgan fingerprint density at radius 2 is 1.85 bits per heavy atom. The molecule has 4 rings (SSSR count). The number of benzene rings is 2. The van der Waals surface area contributed by atoms with Gasteiger partial charge < -0.3 is 14.7 Å². The number of carbonyl (C=O) groups excluding carboxylic acids is 2. The van der Waals surface area contributed by atoms with Crippen LogP contribution in [0.5, 0.6) is 5.75 Å². The fraction of sp³-hybridized carbons (Fsp3) is 0.125. The van der Waals surface area contributed by atoms with Gasteiger partial charge in [0.05, 0.1) is 30.2 Å². The van der Waals surface area contributed by atoms with Crippen molar-refractivity contribution >= 4 is 23.1 Å². The number of hydrogen-bond acceptors (Lipinski definition) is 7. The third kappa shape index (κ3) is 4.03. The number of para-hydroxylation sites is 1. The molecule has 3 aromatic rings. The van der Waals surface area contributed by atoms with E-state index in [1.54, 1.807) is 36.4 Å². The Bertz CT molecular complexity index is 1270. The van der Waals surface area contributed by atoms with Gasteiger partial charge in [0.25, 0.3) is 17.4 Å². The van der Waals surface area contributed by atoms with Crippen molar-refractivity contribution in [3.63, 3.8) is 0 Å². The molecule has 1 saturated heterocycles. The van der Waals surface area contributed by atoms with Crippen LogP contribution >= 0.6 is 0 Å². The molecular formula is C24H19N3O6. The number of ether oxygens (including phenoxy) is 1. The minimum atomic E-state index is -0.919. The van der Waals surface area contributed by atoms with Crippen LogP contribution in [-0.2, 0) is 16.1 Å². The Labute approximate surface area is 188 Å². The first-order chi connectivity index (χ1) is 15.9.